The van der Waals surface area contributed by atoms with E-state index in [1.54, 1.807) is 12.1 Å². The molecule has 0 fully saturated rings. The molecule has 0 aliphatic rings. The number of rotatable bonds is 4. The highest BCUT2D eigenvalue weighted by Gasteiger charge is 2.19. The third-order valence-electron chi connectivity index (χ3n) is 3.79. The maximum absolute atomic E-state index is 12.0. The lowest BCUT2D eigenvalue weighted by atomic mass is 9.97. The van der Waals surface area contributed by atoms with Crippen LogP contribution in [-0.2, 0) is 9.47 Å². The van der Waals surface area contributed by atoms with Gasteiger partial charge < -0.3 is 9.47 Å². The van der Waals surface area contributed by atoms with Crippen molar-refractivity contribution < 1.29 is 23.9 Å². The Labute approximate surface area is 147 Å². The summed E-state index contributed by atoms with van der Waals surface area (Å²) >= 11 is 1.36. The van der Waals surface area contributed by atoms with Gasteiger partial charge in [-0.2, -0.15) is 0 Å². The predicted molar refractivity (Wildman–Crippen MR) is 95.3 cm³/mol. The molecule has 0 unspecified atom stereocenters. The molecule has 3 rings (SSSR count). The maximum atomic E-state index is 12.0. The van der Waals surface area contributed by atoms with E-state index in [4.69, 9.17) is 9.47 Å². The Bertz CT molecular complexity index is 952. The largest absolute Gasteiger partial charge is 0.465 e. The van der Waals surface area contributed by atoms with Crippen molar-refractivity contribution in [1.82, 2.24) is 0 Å². The minimum atomic E-state index is -0.570. The molecule has 0 aliphatic carbocycles. The minimum absolute atomic E-state index is 0.215. The van der Waals surface area contributed by atoms with Crippen molar-refractivity contribution in [2.24, 2.45) is 0 Å². The number of carbonyl (C=O) groups is 3. The molecule has 1 aromatic heterocycles. The summed E-state index contributed by atoms with van der Waals surface area (Å²) in [6.45, 7) is 0. The van der Waals surface area contributed by atoms with Gasteiger partial charge in [0, 0.05) is 15.6 Å². The van der Waals surface area contributed by atoms with Crippen LogP contribution in [0.1, 0.15) is 30.4 Å². The van der Waals surface area contributed by atoms with Crippen molar-refractivity contribution in [2.75, 3.05) is 14.2 Å². The monoisotopic (exact) mass is 354 g/mol. The van der Waals surface area contributed by atoms with Gasteiger partial charge in [-0.05, 0) is 29.8 Å². The van der Waals surface area contributed by atoms with Gasteiger partial charge in [-0.1, -0.05) is 18.2 Å². The van der Waals surface area contributed by atoms with E-state index in [1.807, 2.05) is 24.3 Å². The highest BCUT2D eigenvalue weighted by atomic mass is 32.1. The fraction of sp³-hybridized carbons (Fsp3) is 0.105. The highest BCUT2D eigenvalue weighted by molar-refractivity contribution is 7.21. The Morgan fingerprint density at radius 2 is 1.56 bits per heavy atom. The van der Waals surface area contributed by atoms with E-state index in [9.17, 15) is 14.4 Å². The van der Waals surface area contributed by atoms with Crippen LogP contribution in [0.2, 0.25) is 0 Å². The number of aldehydes is 1. The Kier molecular flexibility index (Phi) is 4.63. The van der Waals surface area contributed by atoms with Gasteiger partial charge in [0.05, 0.1) is 30.2 Å². The smallest absolute Gasteiger partial charge is 0.337 e. The SMILES string of the molecule is COC(=O)c1cc(C(=O)OC)cc(-c2c(C=O)sc3ccccc23)c1. The fourth-order valence-corrected chi connectivity index (χ4v) is 3.73. The number of fused-ring (bicyclic) bond motifs is 1. The molecule has 0 saturated carbocycles. The lowest BCUT2D eigenvalue weighted by Crippen LogP contribution is -2.07. The van der Waals surface area contributed by atoms with Gasteiger partial charge in [-0.15, -0.1) is 11.3 Å². The molecule has 126 valence electrons. The second-order valence-corrected chi connectivity index (χ2v) is 6.32. The van der Waals surface area contributed by atoms with Gasteiger partial charge in [0.25, 0.3) is 0 Å². The Balaban J connectivity index is 2.31. The summed E-state index contributed by atoms with van der Waals surface area (Å²) in [5.41, 5.74) is 1.70. The first-order valence-electron chi connectivity index (χ1n) is 7.38. The Morgan fingerprint density at radius 3 is 2.12 bits per heavy atom. The van der Waals surface area contributed by atoms with E-state index in [2.05, 4.69) is 0 Å². The number of ether oxygens (including phenoxy) is 2. The first kappa shape index (κ1) is 16.9. The van der Waals surface area contributed by atoms with E-state index in [0.717, 1.165) is 16.4 Å². The normalized spacial score (nSPS) is 10.5. The number of thiophene rings is 1. The average molecular weight is 354 g/mol. The molecule has 0 atom stereocenters. The lowest BCUT2D eigenvalue weighted by Gasteiger charge is -2.08. The number of carbonyl (C=O) groups excluding carboxylic acids is 3. The minimum Gasteiger partial charge on any atom is -0.465 e. The molecule has 3 aromatic rings. The first-order valence-corrected chi connectivity index (χ1v) is 8.19. The number of esters is 2. The van der Waals surface area contributed by atoms with Gasteiger partial charge in [0.15, 0.2) is 6.29 Å². The van der Waals surface area contributed by atoms with Crippen molar-refractivity contribution in [1.29, 1.82) is 0 Å². The van der Waals surface area contributed by atoms with Crippen molar-refractivity contribution in [3.63, 3.8) is 0 Å². The third-order valence-corrected chi connectivity index (χ3v) is 4.89. The lowest BCUT2D eigenvalue weighted by molar-refractivity contribution is 0.0599. The molecule has 0 bridgehead atoms. The summed E-state index contributed by atoms with van der Waals surface area (Å²) in [5, 5.41) is 0.882. The molecule has 25 heavy (non-hydrogen) atoms. The van der Waals surface area contributed by atoms with E-state index in [-0.39, 0.29) is 11.1 Å². The first-order chi connectivity index (χ1) is 12.1. The maximum Gasteiger partial charge on any atom is 0.337 e. The zero-order valence-electron chi connectivity index (χ0n) is 13.6. The average Bonchev–Trinajstić information content (AvgIpc) is 3.04. The van der Waals surface area contributed by atoms with Crippen LogP contribution in [-0.4, -0.2) is 32.4 Å². The molecule has 5 nitrogen and oxygen atoms in total. The highest BCUT2D eigenvalue weighted by Crippen LogP contribution is 2.38. The second-order valence-electron chi connectivity index (χ2n) is 5.24. The van der Waals surface area contributed by atoms with Crippen LogP contribution in [0.15, 0.2) is 42.5 Å². The second kappa shape index (κ2) is 6.86. The third kappa shape index (κ3) is 3.04. The van der Waals surface area contributed by atoms with E-state index >= 15 is 0 Å². The molecular formula is C19H14O5S. The Morgan fingerprint density at radius 1 is 0.960 bits per heavy atom. The molecular weight excluding hydrogens is 340 g/mol. The zero-order chi connectivity index (χ0) is 18.0. The van der Waals surface area contributed by atoms with Gasteiger partial charge >= 0.3 is 11.9 Å². The molecule has 0 amide bonds. The van der Waals surface area contributed by atoms with E-state index in [1.165, 1.54) is 31.6 Å². The standard InChI is InChI=1S/C19H14O5S/c1-23-18(21)12-7-11(8-13(9-12)19(22)24-2)17-14-5-3-4-6-15(14)25-16(17)10-20/h3-10H,1-2H3. The summed E-state index contributed by atoms with van der Waals surface area (Å²) in [7, 11) is 2.54. The summed E-state index contributed by atoms with van der Waals surface area (Å²) in [4.78, 5) is 36.0. The molecule has 6 heteroatoms. The Hall–Kier alpha value is -2.99. The van der Waals surface area contributed by atoms with Gasteiger partial charge in [0.2, 0.25) is 0 Å². The van der Waals surface area contributed by atoms with Crippen LogP contribution in [0, 0.1) is 0 Å². The van der Waals surface area contributed by atoms with Crippen LogP contribution in [0.5, 0.6) is 0 Å². The summed E-state index contributed by atoms with van der Waals surface area (Å²) in [6, 6.07) is 12.2. The topological polar surface area (TPSA) is 69.7 Å². The summed E-state index contributed by atoms with van der Waals surface area (Å²) < 4.78 is 10.5. The molecule has 2 aromatic carbocycles. The molecule has 1 heterocycles. The fourth-order valence-electron chi connectivity index (χ4n) is 2.69. The van der Waals surface area contributed by atoms with Crippen molar-refractivity contribution in [3.8, 4) is 11.1 Å². The number of hydrogen-bond acceptors (Lipinski definition) is 6. The van der Waals surface area contributed by atoms with Crippen molar-refractivity contribution in [2.45, 2.75) is 0 Å². The van der Waals surface area contributed by atoms with Gasteiger partial charge in [-0.25, -0.2) is 9.59 Å². The molecule has 0 saturated heterocycles. The number of methoxy groups -OCH3 is 2. The zero-order valence-corrected chi connectivity index (χ0v) is 14.4. The molecule has 0 aliphatic heterocycles. The predicted octanol–water partition coefficient (Wildman–Crippen LogP) is 3.95. The van der Waals surface area contributed by atoms with Crippen LogP contribution in [0.25, 0.3) is 21.2 Å². The molecule has 0 radical (unpaired) electrons. The van der Waals surface area contributed by atoms with Gasteiger partial charge in [-0.3, -0.25) is 4.79 Å². The van der Waals surface area contributed by atoms with E-state index in [0.29, 0.717) is 16.0 Å². The quantitative estimate of drug-likeness (QED) is 0.524. The number of benzene rings is 2. The van der Waals surface area contributed by atoms with E-state index < -0.39 is 11.9 Å². The van der Waals surface area contributed by atoms with Gasteiger partial charge in [0.1, 0.15) is 0 Å². The number of hydrogen-bond donors (Lipinski definition) is 0. The van der Waals surface area contributed by atoms with Crippen molar-refractivity contribution in [3.05, 3.63) is 58.5 Å². The molecule has 0 spiro atoms. The molecule has 0 N–H and O–H groups in total. The van der Waals surface area contributed by atoms with Crippen molar-refractivity contribution >= 4 is 39.6 Å². The summed E-state index contributed by atoms with van der Waals surface area (Å²) in [5.74, 6) is -1.14. The van der Waals surface area contributed by atoms with Crippen LogP contribution >= 0.6 is 11.3 Å². The summed E-state index contributed by atoms with van der Waals surface area (Å²) in [6.07, 6.45) is 0.780. The van der Waals surface area contributed by atoms with Crippen LogP contribution < -0.4 is 0 Å². The van der Waals surface area contributed by atoms with Crippen LogP contribution in [0.3, 0.4) is 0 Å². The van der Waals surface area contributed by atoms with Crippen LogP contribution in [0.4, 0.5) is 0 Å².